The largest absolute Gasteiger partial charge is 0.416 e. The third-order valence-corrected chi connectivity index (χ3v) is 3.82. The molecule has 0 N–H and O–H groups in total. The first kappa shape index (κ1) is 14.8. The summed E-state index contributed by atoms with van der Waals surface area (Å²) in [7, 11) is -3.55. The van der Waals surface area contributed by atoms with Gasteiger partial charge in [-0.1, -0.05) is 4.41 Å². The van der Waals surface area contributed by atoms with E-state index in [-0.39, 0.29) is 6.67 Å². The smallest absolute Gasteiger partial charge is 0.252 e. The number of nitrogens with zero attached hydrogens (tertiary/aromatic N) is 3. The molecule has 0 spiro atoms. The molecule has 1 aliphatic heterocycles. The fraction of sp³-hybridized carbons (Fsp3) is 0.364. The molecule has 0 aromatic heterocycles. The first-order valence-electron chi connectivity index (χ1n) is 5.57. The van der Waals surface area contributed by atoms with Crippen molar-refractivity contribution in [2.75, 3.05) is 17.9 Å². The molecule has 0 bridgehead atoms. The Morgan fingerprint density at radius 2 is 1.75 bits per heavy atom. The maximum Gasteiger partial charge on any atom is 0.416 e. The van der Waals surface area contributed by atoms with Crippen LogP contribution in [0.1, 0.15) is 12.5 Å². The van der Waals surface area contributed by atoms with Gasteiger partial charge in [0.25, 0.3) is 0 Å². The van der Waals surface area contributed by atoms with E-state index in [4.69, 9.17) is 0 Å². The summed E-state index contributed by atoms with van der Waals surface area (Å²) in [4.78, 5) is 3.98. The molecule has 0 saturated carbocycles. The molecule has 1 aliphatic rings. The second kappa shape index (κ2) is 4.74. The topological polar surface area (TPSA) is 53.0 Å². The van der Waals surface area contributed by atoms with E-state index in [9.17, 15) is 21.6 Å². The van der Waals surface area contributed by atoms with Crippen LogP contribution in [-0.4, -0.2) is 31.6 Å². The molecule has 0 saturated heterocycles. The van der Waals surface area contributed by atoms with Crippen molar-refractivity contribution in [1.82, 2.24) is 4.41 Å². The van der Waals surface area contributed by atoms with Crippen LogP contribution < -0.4 is 5.01 Å². The van der Waals surface area contributed by atoms with Gasteiger partial charge in [0.05, 0.1) is 17.5 Å². The van der Waals surface area contributed by atoms with E-state index in [0.717, 1.165) is 22.8 Å². The number of hydrogen-bond acceptors (Lipinski definition) is 4. The first-order chi connectivity index (χ1) is 9.10. The number of hydrogen-bond donors (Lipinski definition) is 0. The minimum atomic E-state index is -4.43. The molecule has 0 radical (unpaired) electrons. The molecule has 0 fully saturated rings. The molecule has 9 heteroatoms. The number of amidine groups is 1. The summed E-state index contributed by atoms with van der Waals surface area (Å²) in [6, 6.07) is 4.24. The highest BCUT2D eigenvalue weighted by molar-refractivity contribution is 7.88. The van der Waals surface area contributed by atoms with Crippen molar-refractivity contribution in [2.24, 2.45) is 4.99 Å². The lowest BCUT2D eigenvalue weighted by Gasteiger charge is -2.27. The molecule has 110 valence electrons. The van der Waals surface area contributed by atoms with Crippen LogP contribution in [0.25, 0.3) is 0 Å². The molecular formula is C11H12F3N3O2S. The molecule has 1 heterocycles. The minimum Gasteiger partial charge on any atom is -0.252 e. The van der Waals surface area contributed by atoms with Crippen molar-refractivity contribution in [3.63, 3.8) is 0 Å². The van der Waals surface area contributed by atoms with Gasteiger partial charge in [0.2, 0.25) is 10.0 Å². The van der Waals surface area contributed by atoms with Crippen molar-refractivity contribution < 1.29 is 21.6 Å². The highest BCUT2D eigenvalue weighted by Gasteiger charge is 2.33. The first-order valence-corrected chi connectivity index (χ1v) is 7.41. The van der Waals surface area contributed by atoms with Crippen LogP contribution in [0, 0.1) is 0 Å². The van der Waals surface area contributed by atoms with Crippen LogP contribution in [0.15, 0.2) is 29.3 Å². The maximum atomic E-state index is 12.5. The number of benzene rings is 1. The van der Waals surface area contributed by atoms with Gasteiger partial charge in [-0.2, -0.15) is 13.2 Å². The molecule has 0 amide bonds. The van der Waals surface area contributed by atoms with E-state index >= 15 is 0 Å². The SMILES string of the molecule is CC1=NCN(S(C)(=O)=O)N1c1ccc(C(F)(F)F)cc1. The van der Waals surface area contributed by atoms with Crippen molar-refractivity contribution in [2.45, 2.75) is 13.1 Å². The van der Waals surface area contributed by atoms with E-state index in [1.807, 2.05) is 0 Å². The zero-order chi connectivity index (χ0) is 15.1. The second-order valence-electron chi connectivity index (χ2n) is 4.29. The Balaban J connectivity index is 2.37. The molecule has 0 aliphatic carbocycles. The lowest BCUT2D eigenvalue weighted by Crippen LogP contribution is -2.44. The molecule has 0 unspecified atom stereocenters. The summed E-state index contributed by atoms with van der Waals surface area (Å²) >= 11 is 0. The summed E-state index contributed by atoms with van der Waals surface area (Å²) < 4.78 is 61.7. The van der Waals surface area contributed by atoms with Gasteiger partial charge < -0.3 is 0 Å². The molecule has 1 aromatic carbocycles. The zero-order valence-corrected chi connectivity index (χ0v) is 11.5. The fourth-order valence-corrected chi connectivity index (χ4v) is 2.59. The summed E-state index contributed by atoms with van der Waals surface area (Å²) in [6.07, 6.45) is -3.42. The van der Waals surface area contributed by atoms with Crippen LogP contribution in [0.2, 0.25) is 0 Å². The van der Waals surface area contributed by atoms with Crippen LogP contribution >= 0.6 is 0 Å². The van der Waals surface area contributed by atoms with Gasteiger partial charge in [0, 0.05) is 0 Å². The maximum absolute atomic E-state index is 12.5. The standard InChI is InChI=1S/C11H12F3N3O2S/c1-8-15-7-16(20(2,18)19)17(8)10-5-3-9(4-6-10)11(12,13)14/h3-6H,7H2,1-2H3. The van der Waals surface area contributed by atoms with Gasteiger partial charge in [0.1, 0.15) is 12.5 Å². The lowest BCUT2D eigenvalue weighted by atomic mass is 10.2. The molecule has 20 heavy (non-hydrogen) atoms. The average Bonchev–Trinajstić information content (AvgIpc) is 2.70. The number of rotatable bonds is 2. The summed E-state index contributed by atoms with van der Waals surface area (Å²) in [5, 5.41) is 1.27. The Morgan fingerprint density at radius 3 is 2.20 bits per heavy atom. The van der Waals surface area contributed by atoms with E-state index in [2.05, 4.69) is 4.99 Å². The zero-order valence-electron chi connectivity index (χ0n) is 10.7. The van der Waals surface area contributed by atoms with E-state index < -0.39 is 21.8 Å². The number of alkyl halides is 3. The van der Waals surface area contributed by atoms with Crippen molar-refractivity contribution in [3.05, 3.63) is 29.8 Å². The van der Waals surface area contributed by atoms with Crippen LogP contribution in [0.4, 0.5) is 18.9 Å². The number of aliphatic imine (C=N–C) groups is 1. The number of sulfonamides is 1. The van der Waals surface area contributed by atoms with Crippen LogP contribution in [0.3, 0.4) is 0 Å². The Labute approximate surface area is 114 Å². The highest BCUT2D eigenvalue weighted by atomic mass is 32.2. The van der Waals surface area contributed by atoms with Gasteiger partial charge in [-0.05, 0) is 31.2 Å². The highest BCUT2D eigenvalue weighted by Crippen LogP contribution is 2.31. The Morgan fingerprint density at radius 1 is 1.20 bits per heavy atom. The number of halogens is 3. The molecule has 2 rings (SSSR count). The van der Waals surface area contributed by atoms with E-state index in [1.165, 1.54) is 17.1 Å². The normalized spacial score (nSPS) is 17.4. The van der Waals surface area contributed by atoms with Gasteiger partial charge in [-0.15, -0.1) is 0 Å². The van der Waals surface area contributed by atoms with Gasteiger partial charge in [-0.3, -0.25) is 4.99 Å². The number of hydrazine groups is 1. The molecule has 1 aromatic rings. The van der Waals surface area contributed by atoms with Gasteiger partial charge in [0.15, 0.2) is 0 Å². The average molecular weight is 307 g/mol. The van der Waals surface area contributed by atoms with Crippen molar-refractivity contribution in [1.29, 1.82) is 0 Å². The van der Waals surface area contributed by atoms with Crippen molar-refractivity contribution in [3.8, 4) is 0 Å². The Hall–Kier alpha value is -1.61. The molecule has 0 atom stereocenters. The third kappa shape index (κ3) is 2.78. The third-order valence-electron chi connectivity index (χ3n) is 2.77. The van der Waals surface area contributed by atoms with Crippen LogP contribution in [0.5, 0.6) is 0 Å². The second-order valence-corrected chi connectivity index (χ2v) is 6.18. The summed E-state index contributed by atoms with van der Waals surface area (Å²) in [5.74, 6) is 0.398. The predicted octanol–water partition coefficient (Wildman–Crippen LogP) is 2.08. The number of anilines is 1. The van der Waals surface area contributed by atoms with Crippen molar-refractivity contribution >= 4 is 21.5 Å². The quantitative estimate of drug-likeness (QED) is 0.840. The van der Waals surface area contributed by atoms with Crippen LogP contribution in [-0.2, 0) is 16.2 Å². The monoisotopic (exact) mass is 307 g/mol. The Kier molecular flexibility index (Phi) is 3.51. The predicted molar refractivity (Wildman–Crippen MR) is 68.6 cm³/mol. The van der Waals surface area contributed by atoms with E-state index in [0.29, 0.717) is 11.5 Å². The Bertz CT molecular complexity index is 638. The lowest BCUT2D eigenvalue weighted by molar-refractivity contribution is -0.137. The fourth-order valence-electron chi connectivity index (χ4n) is 1.81. The molecular weight excluding hydrogens is 295 g/mol. The summed E-state index contributed by atoms with van der Waals surface area (Å²) in [5.41, 5.74) is -0.483. The summed E-state index contributed by atoms with van der Waals surface area (Å²) in [6.45, 7) is 1.51. The minimum absolute atomic E-state index is 0.0777. The van der Waals surface area contributed by atoms with Gasteiger partial charge in [-0.25, -0.2) is 13.4 Å². The van der Waals surface area contributed by atoms with E-state index in [1.54, 1.807) is 6.92 Å². The molecule has 5 nitrogen and oxygen atoms in total. The van der Waals surface area contributed by atoms with Gasteiger partial charge >= 0.3 is 6.18 Å².